The van der Waals surface area contributed by atoms with Gasteiger partial charge in [-0.2, -0.15) is 0 Å². The van der Waals surface area contributed by atoms with E-state index >= 15 is 0 Å². The normalized spacial score (nSPS) is 9.70. The summed E-state index contributed by atoms with van der Waals surface area (Å²) in [5.74, 6) is 6.33. The number of nitrogens with one attached hydrogen (secondary N) is 1. The molecule has 0 atom stereocenters. The molecule has 102 valence electrons. The number of amides is 1. The van der Waals surface area contributed by atoms with Crippen molar-refractivity contribution in [1.82, 2.24) is 5.32 Å². The third kappa shape index (κ3) is 3.74. The largest absolute Gasteiger partial charge is 0.469 e. The molecule has 0 aliphatic carbocycles. The van der Waals surface area contributed by atoms with Crippen molar-refractivity contribution >= 4 is 5.91 Å². The number of rotatable bonds is 3. The van der Waals surface area contributed by atoms with Crippen LogP contribution in [0.2, 0.25) is 0 Å². The lowest BCUT2D eigenvalue weighted by atomic mass is 10.1. The average molecular weight is 268 g/mol. The number of benzene rings is 1. The quantitative estimate of drug-likeness (QED) is 0.834. The van der Waals surface area contributed by atoms with Crippen LogP contribution in [0.1, 0.15) is 27.2 Å². The van der Waals surface area contributed by atoms with Gasteiger partial charge < -0.3 is 15.5 Å². The monoisotopic (exact) mass is 268 g/mol. The number of carbonyl (C=O) groups is 1. The molecule has 4 heteroatoms. The maximum absolute atomic E-state index is 11.9. The van der Waals surface area contributed by atoms with Crippen LogP contribution in [-0.4, -0.2) is 12.5 Å². The number of furan rings is 1. The van der Waals surface area contributed by atoms with Gasteiger partial charge in [0.05, 0.1) is 12.1 Å². The van der Waals surface area contributed by atoms with E-state index in [-0.39, 0.29) is 5.91 Å². The zero-order valence-corrected chi connectivity index (χ0v) is 11.3. The smallest absolute Gasteiger partial charge is 0.254 e. The van der Waals surface area contributed by atoms with Crippen LogP contribution in [0.5, 0.6) is 0 Å². The van der Waals surface area contributed by atoms with E-state index in [1.807, 2.05) is 24.3 Å². The maximum atomic E-state index is 11.9. The SMILES string of the molecule is Cc1cc(C(=O)NCc2cccc(C#CCN)c2)co1. The molecule has 0 saturated heterocycles. The fraction of sp³-hybridized carbons (Fsp3) is 0.188. The summed E-state index contributed by atoms with van der Waals surface area (Å²) in [4.78, 5) is 11.9. The van der Waals surface area contributed by atoms with Crippen molar-refractivity contribution in [2.75, 3.05) is 6.54 Å². The maximum Gasteiger partial charge on any atom is 0.254 e. The van der Waals surface area contributed by atoms with E-state index in [9.17, 15) is 4.79 Å². The summed E-state index contributed by atoms with van der Waals surface area (Å²) < 4.78 is 5.11. The summed E-state index contributed by atoms with van der Waals surface area (Å²) in [7, 11) is 0. The van der Waals surface area contributed by atoms with Crippen LogP contribution in [0.25, 0.3) is 0 Å². The van der Waals surface area contributed by atoms with Gasteiger partial charge in [0.1, 0.15) is 12.0 Å². The molecule has 1 aromatic heterocycles. The number of hydrogen-bond acceptors (Lipinski definition) is 3. The Morgan fingerprint density at radius 2 is 2.25 bits per heavy atom. The highest BCUT2D eigenvalue weighted by molar-refractivity contribution is 5.93. The molecule has 0 bridgehead atoms. The van der Waals surface area contributed by atoms with Gasteiger partial charge >= 0.3 is 0 Å². The van der Waals surface area contributed by atoms with Crippen molar-refractivity contribution in [3.05, 3.63) is 59.0 Å². The molecule has 2 aromatic rings. The molecule has 0 fully saturated rings. The first-order valence-corrected chi connectivity index (χ1v) is 6.30. The average Bonchev–Trinajstić information content (AvgIpc) is 2.90. The molecule has 0 aliphatic heterocycles. The van der Waals surface area contributed by atoms with Crippen molar-refractivity contribution in [2.24, 2.45) is 5.73 Å². The molecule has 4 nitrogen and oxygen atoms in total. The van der Waals surface area contributed by atoms with Crippen LogP contribution in [0.15, 0.2) is 41.0 Å². The van der Waals surface area contributed by atoms with Gasteiger partial charge in [0, 0.05) is 12.1 Å². The summed E-state index contributed by atoms with van der Waals surface area (Å²) in [6, 6.07) is 9.40. The van der Waals surface area contributed by atoms with E-state index < -0.39 is 0 Å². The van der Waals surface area contributed by atoms with Gasteiger partial charge in [-0.1, -0.05) is 24.0 Å². The molecule has 0 unspecified atom stereocenters. The Bertz CT molecular complexity index is 662. The third-order valence-electron chi connectivity index (χ3n) is 2.71. The van der Waals surface area contributed by atoms with Crippen molar-refractivity contribution in [3.8, 4) is 11.8 Å². The second-order valence-corrected chi connectivity index (χ2v) is 4.33. The molecule has 0 saturated carbocycles. The summed E-state index contributed by atoms with van der Waals surface area (Å²) in [6.07, 6.45) is 1.45. The van der Waals surface area contributed by atoms with Crippen LogP contribution < -0.4 is 11.1 Å². The molecule has 2 rings (SSSR count). The Labute approximate surface area is 118 Å². The minimum Gasteiger partial charge on any atom is -0.469 e. The predicted molar refractivity (Wildman–Crippen MR) is 77.0 cm³/mol. The van der Waals surface area contributed by atoms with Crippen LogP contribution in [0.3, 0.4) is 0 Å². The Morgan fingerprint density at radius 1 is 1.40 bits per heavy atom. The number of aryl methyl sites for hydroxylation is 1. The van der Waals surface area contributed by atoms with E-state index in [0.29, 0.717) is 24.4 Å². The zero-order valence-electron chi connectivity index (χ0n) is 11.3. The standard InChI is InChI=1S/C16H16N2O2/c1-12-8-15(11-20-12)16(19)18-10-14-5-2-4-13(9-14)6-3-7-17/h2,4-5,8-9,11H,7,10,17H2,1H3,(H,18,19). The Morgan fingerprint density at radius 3 is 2.95 bits per heavy atom. The van der Waals surface area contributed by atoms with Crippen LogP contribution >= 0.6 is 0 Å². The molecule has 1 heterocycles. The predicted octanol–water partition coefficient (Wildman–Crippen LogP) is 1.83. The molecule has 0 spiro atoms. The lowest BCUT2D eigenvalue weighted by Gasteiger charge is -2.04. The Hall–Kier alpha value is -2.51. The summed E-state index contributed by atoms with van der Waals surface area (Å²) in [5, 5.41) is 2.84. The summed E-state index contributed by atoms with van der Waals surface area (Å²) in [6.45, 7) is 2.58. The van der Waals surface area contributed by atoms with Crippen molar-refractivity contribution in [2.45, 2.75) is 13.5 Å². The zero-order chi connectivity index (χ0) is 14.4. The topological polar surface area (TPSA) is 68.3 Å². The highest BCUT2D eigenvalue weighted by Gasteiger charge is 2.07. The van der Waals surface area contributed by atoms with Gasteiger partial charge in [0.25, 0.3) is 5.91 Å². The van der Waals surface area contributed by atoms with E-state index in [1.165, 1.54) is 6.26 Å². The van der Waals surface area contributed by atoms with Crippen LogP contribution in [0.4, 0.5) is 0 Å². The van der Waals surface area contributed by atoms with Gasteiger partial charge in [0.15, 0.2) is 0 Å². The molecule has 0 aliphatic rings. The number of hydrogen-bond donors (Lipinski definition) is 2. The molecule has 20 heavy (non-hydrogen) atoms. The highest BCUT2D eigenvalue weighted by atomic mass is 16.3. The van der Waals surface area contributed by atoms with Gasteiger partial charge in [-0.15, -0.1) is 0 Å². The van der Waals surface area contributed by atoms with E-state index in [0.717, 1.165) is 11.1 Å². The van der Waals surface area contributed by atoms with Crippen LogP contribution in [-0.2, 0) is 6.54 Å². The molecule has 3 N–H and O–H groups in total. The minimum absolute atomic E-state index is 0.153. The highest BCUT2D eigenvalue weighted by Crippen LogP contribution is 2.07. The second-order valence-electron chi connectivity index (χ2n) is 4.33. The van der Waals surface area contributed by atoms with Crippen molar-refractivity contribution in [1.29, 1.82) is 0 Å². The molecular formula is C16H16N2O2. The first-order valence-electron chi connectivity index (χ1n) is 6.30. The van der Waals surface area contributed by atoms with Gasteiger partial charge in [-0.3, -0.25) is 4.79 Å². The number of carbonyl (C=O) groups excluding carboxylic acids is 1. The van der Waals surface area contributed by atoms with Gasteiger partial charge in [-0.25, -0.2) is 0 Å². The Balaban J connectivity index is 1.98. The van der Waals surface area contributed by atoms with E-state index in [4.69, 9.17) is 10.2 Å². The van der Waals surface area contributed by atoms with Crippen LogP contribution in [0, 0.1) is 18.8 Å². The van der Waals surface area contributed by atoms with Gasteiger partial charge in [-0.05, 0) is 30.7 Å². The summed E-state index contributed by atoms with van der Waals surface area (Å²) >= 11 is 0. The molecule has 1 aromatic carbocycles. The molecule has 0 radical (unpaired) electrons. The van der Waals surface area contributed by atoms with Crippen molar-refractivity contribution < 1.29 is 9.21 Å². The third-order valence-corrected chi connectivity index (χ3v) is 2.71. The lowest BCUT2D eigenvalue weighted by Crippen LogP contribution is -2.22. The first-order chi connectivity index (χ1) is 9.69. The Kier molecular flexibility index (Phi) is 4.59. The second kappa shape index (κ2) is 6.60. The number of nitrogens with two attached hydrogens (primary N) is 1. The molecule has 1 amide bonds. The lowest BCUT2D eigenvalue weighted by molar-refractivity contribution is 0.0950. The molecular weight excluding hydrogens is 252 g/mol. The van der Waals surface area contributed by atoms with E-state index in [2.05, 4.69) is 17.2 Å². The van der Waals surface area contributed by atoms with Gasteiger partial charge in [0.2, 0.25) is 0 Å². The fourth-order valence-electron chi connectivity index (χ4n) is 1.76. The summed E-state index contributed by atoms with van der Waals surface area (Å²) in [5.41, 5.74) is 7.75. The van der Waals surface area contributed by atoms with Crippen molar-refractivity contribution in [3.63, 3.8) is 0 Å². The fourth-order valence-corrected chi connectivity index (χ4v) is 1.76. The minimum atomic E-state index is -0.153. The van der Waals surface area contributed by atoms with E-state index in [1.54, 1.807) is 13.0 Å². The first kappa shape index (κ1) is 13.9.